The van der Waals surface area contributed by atoms with Crippen LogP contribution in [0.25, 0.3) is 0 Å². The van der Waals surface area contributed by atoms with Crippen LogP contribution in [0.2, 0.25) is 0 Å². The Morgan fingerprint density at radius 3 is 2.41 bits per heavy atom. The summed E-state index contributed by atoms with van der Waals surface area (Å²) in [6.45, 7) is 3.54. The van der Waals surface area contributed by atoms with E-state index < -0.39 is 23.0 Å². The van der Waals surface area contributed by atoms with Crippen molar-refractivity contribution >= 4 is 11.9 Å². The van der Waals surface area contributed by atoms with Gasteiger partial charge in [-0.25, -0.2) is 8.78 Å². The van der Waals surface area contributed by atoms with Gasteiger partial charge in [-0.3, -0.25) is 9.59 Å². The fourth-order valence-electron chi connectivity index (χ4n) is 2.22. The maximum atomic E-state index is 13.4. The summed E-state index contributed by atoms with van der Waals surface area (Å²) in [6, 6.07) is 3.09. The van der Waals surface area contributed by atoms with Crippen molar-refractivity contribution in [2.75, 3.05) is 6.54 Å². The molecule has 1 amide bonds. The van der Waals surface area contributed by atoms with Gasteiger partial charge in [0.2, 0.25) is 5.91 Å². The number of aliphatic carboxylic acids is 1. The van der Waals surface area contributed by atoms with Crippen molar-refractivity contribution in [3.63, 3.8) is 0 Å². The van der Waals surface area contributed by atoms with Gasteiger partial charge < -0.3 is 10.4 Å². The first-order valence-electron chi connectivity index (χ1n) is 7.28. The van der Waals surface area contributed by atoms with Crippen molar-refractivity contribution in [2.45, 2.75) is 39.5 Å². The van der Waals surface area contributed by atoms with Crippen LogP contribution < -0.4 is 5.32 Å². The first-order chi connectivity index (χ1) is 10.3. The van der Waals surface area contributed by atoms with Crippen LogP contribution in [0.3, 0.4) is 0 Å². The Kier molecular flexibility index (Phi) is 6.46. The van der Waals surface area contributed by atoms with Crippen molar-refractivity contribution in [2.24, 2.45) is 5.41 Å². The average molecular weight is 313 g/mol. The Hall–Kier alpha value is -1.98. The van der Waals surface area contributed by atoms with E-state index in [1.165, 1.54) is 0 Å². The van der Waals surface area contributed by atoms with Crippen molar-refractivity contribution in [1.29, 1.82) is 0 Å². The second kappa shape index (κ2) is 7.87. The highest BCUT2D eigenvalue weighted by atomic mass is 19.1. The summed E-state index contributed by atoms with van der Waals surface area (Å²) >= 11 is 0. The smallest absolute Gasteiger partial charge is 0.311 e. The third-order valence-electron chi connectivity index (χ3n) is 4.06. The molecule has 0 aliphatic carbocycles. The number of amides is 1. The Morgan fingerprint density at radius 2 is 1.86 bits per heavy atom. The lowest BCUT2D eigenvalue weighted by atomic mass is 9.82. The molecule has 1 aromatic rings. The van der Waals surface area contributed by atoms with E-state index >= 15 is 0 Å². The zero-order valence-electron chi connectivity index (χ0n) is 12.8. The standard InChI is InChI=1S/C16H21F2NO3/c1-3-16(4-2,15(21)22)10-19-14(20)8-5-11-9-12(17)6-7-13(11)18/h6-7,9H,3-5,8,10H2,1-2H3,(H,19,20)(H,21,22). The summed E-state index contributed by atoms with van der Waals surface area (Å²) in [7, 11) is 0. The first-order valence-corrected chi connectivity index (χ1v) is 7.28. The maximum Gasteiger partial charge on any atom is 0.311 e. The molecule has 2 N–H and O–H groups in total. The quantitative estimate of drug-likeness (QED) is 0.775. The lowest BCUT2D eigenvalue weighted by Crippen LogP contribution is -2.42. The number of rotatable bonds is 8. The van der Waals surface area contributed by atoms with Gasteiger partial charge in [-0.05, 0) is 43.0 Å². The third-order valence-corrected chi connectivity index (χ3v) is 4.06. The molecule has 0 atom stereocenters. The number of hydrogen-bond donors (Lipinski definition) is 2. The lowest BCUT2D eigenvalue weighted by molar-refractivity contribution is -0.149. The van der Waals surface area contributed by atoms with Crippen molar-refractivity contribution in [3.05, 3.63) is 35.4 Å². The number of aryl methyl sites for hydroxylation is 1. The van der Waals surface area contributed by atoms with Gasteiger partial charge in [-0.1, -0.05) is 13.8 Å². The van der Waals surface area contributed by atoms with Gasteiger partial charge in [0.25, 0.3) is 0 Å². The number of carbonyl (C=O) groups is 2. The van der Waals surface area contributed by atoms with Crippen LogP contribution in [-0.4, -0.2) is 23.5 Å². The monoisotopic (exact) mass is 313 g/mol. The molecule has 1 aromatic carbocycles. The van der Waals surface area contributed by atoms with Gasteiger partial charge >= 0.3 is 5.97 Å². The van der Waals surface area contributed by atoms with E-state index in [1.807, 2.05) is 0 Å². The topological polar surface area (TPSA) is 66.4 Å². The summed E-state index contributed by atoms with van der Waals surface area (Å²) < 4.78 is 26.5. The van der Waals surface area contributed by atoms with E-state index in [1.54, 1.807) is 13.8 Å². The second-order valence-corrected chi connectivity index (χ2v) is 5.31. The molecule has 0 saturated heterocycles. The zero-order chi connectivity index (χ0) is 16.8. The fraction of sp³-hybridized carbons (Fsp3) is 0.500. The second-order valence-electron chi connectivity index (χ2n) is 5.31. The predicted octanol–water partition coefficient (Wildman–Crippen LogP) is 2.90. The van der Waals surface area contributed by atoms with Crippen LogP contribution in [0.15, 0.2) is 18.2 Å². The molecular weight excluding hydrogens is 292 g/mol. The molecule has 0 spiro atoms. The van der Waals surface area contributed by atoms with Gasteiger partial charge in [0.15, 0.2) is 0 Å². The van der Waals surface area contributed by atoms with Crippen LogP contribution in [0, 0.1) is 17.0 Å². The number of halogens is 2. The van der Waals surface area contributed by atoms with Gasteiger partial charge in [0.1, 0.15) is 11.6 Å². The largest absolute Gasteiger partial charge is 0.481 e. The molecule has 0 bridgehead atoms. The van der Waals surface area contributed by atoms with Crippen LogP contribution in [-0.2, 0) is 16.0 Å². The Bertz CT molecular complexity index is 542. The summed E-state index contributed by atoms with van der Waals surface area (Å²) in [4.78, 5) is 23.1. The maximum absolute atomic E-state index is 13.4. The summed E-state index contributed by atoms with van der Waals surface area (Å²) in [5.74, 6) is -2.44. The molecule has 0 radical (unpaired) electrons. The van der Waals surface area contributed by atoms with E-state index in [0.29, 0.717) is 12.8 Å². The summed E-state index contributed by atoms with van der Waals surface area (Å²) in [5, 5.41) is 11.8. The predicted molar refractivity (Wildman–Crippen MR) is 78.3 cm³/mol. The van der Waals surface area contributed by atoms with E-state index in [0.717, 1.165) is 18.2 Å². The van der Waals surface area contributed by atoms with Crippen molar-refractivity contribution < 1.29 is 23.5 Å². The van der Waals surface area contributed by atoms with Crippen molar-refractivity contribution in [1.82, 2.24) is 5.32 Å². The average Bonchev–Trinajstić information content (AvgIpc) is 2.49. The number of benzene rings is 1. The lowest BCUT2D eigenvalue weighted by Gasteiger charge is -2.26. The highest BCUT2D eigenvalue weighted by molar-refractivity contribution is 5.79. The Balaban J connectivity index is 2.56. The van der Waals surface area contributed by atoms with Crippen molar-refractivity contribution in [3.8, 4) is 0 Å². The highest BCUT2D eigenvalue weighted by Crippen LogP contribution is 2.25. The van der Waals surface area contributed by atoms with E-state index in [2.05, 4.69) is 5.32 Å². The minimum atomic E-state index is -0.986. The number of nitrogens with one attached hydrogen (secondary N) is 1. The van der Waals surface area contributed by atoms with Gasteiger partial charge in [-0.15, -0.1) is 0 Å². The molecule has 0 fully saturated rings. The van der Waals surface area contributed by atoms with Crippen LogP contribution in [0.4, 0.5) is 8.78 Å². The number of carboxylic acid groups (broad SMARTS) is 1. The normalized spacial score (nSPS) is 11.3. The molecule has 6 heteroatoms. The first kappa shape index (κ1) is 18.1. The Morgan fingerprint density at radius 1 is 1.23 bits per heavy atom. The van der Waals surface area contributed by atoms with Gasteiger partial charge in [0, 0.05) is 13.0 Å². The zero-order valence-corrected chi connectivity index (χ0v) is 12.8. The molecular formula is C16H21F2NO3. The molecule has 0 unspecified atom stereocenters. The Labute approximate surface area is 128 Å². The molecule has 122 valence electrons. The number of hydrogen-bond acceptors (Lipinski definition) is 2. The molecule has 0 aromatic heterocycles. The van der Waals surface area contributed by atoms with Crippen LogP contribution in [0.5, 0.6) is 0 Å². The van der Waals surface area contributed by atoms with Crippen LogP contribution >= 0.6 is 0 Å². The summed E-state index contributed by atoms with van der Waals surface area (Å²) in [6.07, 6.45) is 0.840. The summed E-state index contributed by atoms with van der Waals surface area (Å²) in [5.41, 5.74) is -0.856. The van der Waals surface area contributed by atoms with Gasteiger partial charge in [0.05, 0.1) is 5.41 Å². The molecule has 1 rings (SSSR count). The fourth-order valence-corrected chi connectivity index (χ4v) is 2.22. The highest BCUT2D eigenvalue weighted by Gasteiger charge is 2.34. The van der Waals surface area contributed by atoms with E-state index in [-0.39, 0.29) is 30.9 Å². The molecule has 0 aliphatic heterocycles. The molecule has 0 aliphatic rings. The molecule has 0 heterocycles. The number of carboxylic acids is 1. The van der Waals surface area contributed by atoms with E-state index in [4.69, 9.17) is 0 Å². The SMILES string of the molecule is CCC(CC)(CNC(=O)CCc1cc(F)ccc1F)C(=O)O. The number of carbonyl (C=O) groups excluding carboxylic acids is 1. The molecule has 0 saturated carbocycles. The molecule has 4 nitrogen and oxygen atoms in total. The molecule has 22 heavy (non-hydrogen) atoms. The minimum absolute atomic E-state index is 0.0243. The van der Waals surface area contributed by atoms with Gasteiger partial charge in [-0.2, -0.15) is 0 Å². The van der Waals surface area contributed by atoms with E-state index in [9.17, 15) is 23.5 Å². The minimum Gasteiger partial charge on any atom is -0.481 e. The van der Waals surface area contributed by atoms with Crippen LogP contribution in [0.1, 0.15) is 38.7 Å². The third kappa shape index (κ3) is 4.51.